The summed E-state index contributed by atoms with van der Waals surface area (Å²) in [6, 6.07) is 6.78. The van der Waals surface area contributed by atoms with Crippen LogP contribution in [0.25, 0.3) is 0 Å². The first-order valence-electron chi connectivity index (χ1n) is 5.43. The lowest BCUT2D eigenvalue weighted by Crippen LogP contribution is -1.99. The molecule has 0 N–H and O–H groups in total. The second-order valence-electron chi connectivity index (χ2n) is 3.91. The summed E-state index contributed by atoms with van der Waals surface area (Å²) in [5.41, 5.74) is 1.88. The zero-order valence-electron chi connectivity index (χ0n) is 10.1. The van der Waals surface area contributed by atoms with E-state index in [9.17, 15) is 4.39 Å². The van der Waals surface area contributed by atoms with Gasteiger partial charge in [-0.3, -0.25) is 0 Å². The van der Waals surface area contributed by atoms with Crippen molar-refractivity contribution in [2.75, 3.05) is 0 Å². The predicted octanol–water partition coefficient (Wildman–Crippen LogP) is 3.76. The summed E-state index contributed by atoms with van der Waals surface area (Å²) in [6.07, 6.45) is 0. The SMILES string of the molecule is Cc1cc(CCl)nc(Oc2cccc(C)c2F)n1. The largest absolute Gasteiger partial charge is 0.421 e. The molecule has 1 aromatic heterocycles. The molecule has 0 bridgehead atoms. The number of alkyl halides is 1. The minimum atomic E-state index is -0.407. The number of hydrogen-bond acceptors (Lipinski definition) is 3. The lowest BCUT2D eigenvalue weighted by molar-refractivity contribution is 0.407. The van der Waals surface area contributed by atoms with Crippen molar-refractivity contribution in [3.8, 4) is 11.8 Å². The van der Waals surface area contributed by atoms with Crippen molar-refractivity contribution in [2.24, 2.45) is 0 Å². The maximum Gasteiger partial charge on any atom is 0.322 e. The summed E-state index contributed by atoms with van der Waals surface area (Å²) < 4.78 is 19.1. The van der Waals surface area contributed by atoms with E-state index in [0.717, 1.165) is 5.69 Å². The van der Waals surface area contributed by atoms with Gasteiger partial charge in [0.05, 0.1) is 11.6 Å². The molecule has 0 aliphatic carbocycles. The number of hydrogen-bond donors (Lipinski definition) is 0. The zero-order chi connectivity index (χ0) is 13.1. The summed E-state index contributed by atoms with van der Waals surface area (Å²) in [5, 5.41) is 0. The predicted molar refractivity (Wildman–Crippen MR) is 67.5 cm³/mol. The van der Waals surface area contributed by atoms with Crippen molar-refractivity contribution in [1.82, 2.24) is 9.97 Å². The van der Waals surface area contributed by atoms with E-state index < -0.39 is 5.82 Å². The highest BCUT2D eigenvalue weighted by Crippen LogP contribution is 2.24. The van der Waals surface area contributed by atoms with E-state index in [1.54, 1.807) is 32.0 Å². The third-order valence-electron chi connectivity index (χ3n) is 2.38. The fraction of sp³-hybridized carbons (Fsp3) is 0.231. The van der Waals surface area contributed by atoms with Gasteiger partial charge in [0.2, 0.25) is 0 Å². The van der Waals surface area contributed by atoms with E-state index in [1.807, 2.05) is 0 Å². The van der Waals surface area contributed by atoms with Crippen LogP contribution in [0.15, 0.2) is 24.3 Å². The molecule has 1 aromatic carbocycles. The molecule has 5 heteroatoms. The lowest BCUT2D eigenvalue weighted by atomic mass is 10.2. The number of rotatable bonds is 3. The molecule has 0 saturated carbocycles. The van der Waals surface area contributed by atoms with Crippen LogP contribution in [0.4, 0.5) is 4.39 Å². The topological polar surface area (TPSA) is 35.0 Å². The highest BCUT2D eigenvalue weighted by molar-refractivity contribution is 6.16. The third kappa shape index (κ3) is 2.76. The Kier molecular flexibility index (Phi) is 3.77. The Morgan fingerprint density at radius 3 is 2.78 bits per heavy atom. The zero-order valence-corrected chi connectivity index (χ0v) is 10.8. The second kappa shape index (κ2) is 5.31. The highest BCUT2D eigenvalue weighted by atomic mass is 35.5. The molecule has 2 rings (SSSR count). The van der Waals surface area contributed by atoms with Gasteiger partial charge in [-0.15, -0.1) is 11.6 Å². The fourth-order valence-electron chi connectivity index (χ4n) is 1.52. The van der Waals surface area contributed by atoms with Crippen LogP contribution < -0.4 is 4.74 Å². The Morgan fingerprint density at radius 2 is 2.06 bits per heavy atom. The molecule has 0 aliphatic rings. The molecule has 0 aliphatic heterocycles. The monoisotopic (exact) mass is 266 g/mol. The van der Waals surface area contributed by atoms with Crippen LogP contribution in [0.1, 0.15) is 17.0 Å². The van der Waals surface area contributed by atoms with E-state index in [0.29, 0.717) is 11.3 Å². The van der Waals surface area contributed by atoms with E-state index in [2.05, 4.69) is 9.97 Å². The van der Waals surface area contributed by atoms with Gasteiger partial charge in [0.25, 0.3) is 0 Å². The van der Waals surface area contributed by atoms with Crippen molar-refractivity contribution >= 4 is 11.6 Å². The Bertz CT molecular complexity index is 575. The Labute approximate surface area is 110 Å². The van der Waals surface area contributed by atoms with Gasteiger partial charge in [-0.1, -0.05) is 12.1 Å². The van der Waals surface area contributed by atoms with Crippen LogP contribution in [0.3, 0.4) is 0 Å². The first-order valence-corrected chi connectivity index (χ1v) is 5.97. The molecule has 3 nitrogen and oxygen atoms in total. The lowest BCUT2D eigenvalue weighted by Gasteiger charge is -2.07. The summed E-state index contributed by atoms with van der Waals surface area (Å²) in [6.45, 7) is 3.47. The summed E-state index contributed by atoms with van der Waals surface area (Å²) in [4.78, 5) is 8.18. The number of ether oxygens (including phenoxy) is 1. The summed E-state index contributed by atoms with van der Waals surface area (Å²) in [5.74, 6) is -0.0353. The fourth-order valence-corrected chi connectivity index (χ4v) is 1.65. The minimum Gasteiger partial charge on any atom is -0.421 e. The van der Waals surface area contributed by atoms with Gasteiger partial charge in [0.1, 0.15) is 0 Å². The van der Waals surface area contributed by atoms with Gasteiger partial charge in [0, 0.05) is 5.69 Å². The molecule has 0 atom stereocenters. The average Bonchev–Trinajstić information content (AvgIpc) is 2.34. The first-order chi connectivity index (χ1) is 8.60. The maximum atomic E-state index is 13.8. The maximum absolute atomic E-state index is 13.8. The molecule has 0 fully saturated rings. The van der Waals surface area contributed by atoms with Gasteiger partial charge in [0.15, 0.2) is 11.6 Å². The molecule has 0 radical (unpaired) electrons. The highest BCUT2D eigenvalue weighted by Gasteiger charge is 2.09. The number of halogens is 2. The van der Waals surface area contributed by atoms with Crippen LogP contribution in [-0.4, -0.2) is 9.97 Å². The molecular formula is C13H12ClFN2O. The summed E-state index contributed by atoms with van der Waals surface area (Å²) >= 11 is 5.71. The molecular weight excluding hydrogens is 255 g/mol. The number of aryl methyl sites for hydroxylation is 2. The van der Waals surface area contributed by atoms with Gasteiger partial charge >= 0.3 is 6.01 Å². The van der Waals surface area contributed by atoms with Crippen LogP contribution in [0, 0.1) is 19.7 Å². The van der Waals surface area contributed by atoms with Gasteiger partial charge < -0.3 is 4.74 Å². The van der Waals surface area contributed by atoms with Crippen LogP contribution in [-0.2, 0) is 5.88 Å². The normalized spacial score (nSPS) is 10.4. The van der Waals surface area contributed by atoms with Crippen molar-refractivity contribution in [2.45, 2.75) is 19.7 Å². The van der Waals surface area contributed by atoms with Gasteiger partial charge in [-0.25, -0.2) is 9.37 Å². The molecule has 0 saturated heterocycles. The summed E-state index contributed by atoms with van der Waals surface area (Å²) in [7, 11) is 0. The van der Waals surface area contributed by atoms with E-state index >= 15 is 0 Å². The molecule has 2 aromatic rings. The van der Waals surface area contributed by atoms with Crippen molar-refractivity contribution < 1.29 is 9.13 Å². The quantitative estimate of drug-likeness (QED) is 0.794. The van der Waals surface area contributed by atoms with Gasteiger partial charge in [-0.05, 0) is 31.5 Å². The molecule has 94 valence electrons. The van der Waals surface area contributed by atoms with Crippen LogP contribution >= 0.6 is 11.6 Å². The van der Waals surface area contributed by atoms with Crippen molar-refractivity contribution in [3.05, 3.63) is 47.0 Å². The van der Waals surface area contributed by atoms with E-state index in [-0.39, 0.29) is 17.6 Å². The Balaban J connectivity index is 2.34. The minimum absolute atomic E-state index is 0.107. The Morgan fingerprint density at radius 1 is 1.28 bits per heavy atom. The molecule has 0 amide bonds. The molecule has 18 heavy (non-hydrogen) atoms. The van der Waals surface area contributed by atoms with E-state index in [4.69, 9.17) is 16.3 Å². The smallest absolute Gasteiger partial charge is 0.322 e. The Hall–Kier alpha value is -1.68. The first kappa shape index (κ1) is 12.8. The standard InChI is InChI=1S/C13H12ClFN2O/c1-8-4-3-5-11(12(8)15)18-13-16-9(2)6-10(7-14)17-13/h3-6H,7H2,1-2H3. The molecule has 0 spiro atoms. The van der Waals surface area contributed by atoms with Gasteiger partial charge in [-0.2, -0.15) is 4.98 Å². The number of benzene rings is 1. The molecule has 1 heterocycles. The molecule has 0 unspecified atom stereocenters. The second-order valence-corrected chi connectivity index (χ2v) is 4.17. The third-order valence-corrected chi connectivity index (χ3v) is 2.66. The van der Waals surface area contributed by atoms with Crippen LogP contribution in [0.5, 0.6) is 11.8 Å². The van der Waals surface area contributed by atoms with E-state index in [1.165, 1.54) is 6.07 Å². The average molecular weight is 267 g/mol. The van der Waals surface area contributed by atoms with Crippen LogP contribution in [0.2, 0.25) is 0 Å². The van der Waals surface area contributed by atoms with Crippen molar-refractivity contribution in [3.63, 3.8) is 0 Å². The van der Waals surface area contributed by atoms with Crippen molar-refractivity contribution in [1.29, 1.82) is 0 Å². The number of aromatic nitrogens is 2. The number of nitrogens with zero attached hydrogens (tertiary/aromatic N) is 2.